The summed E-state index contributed by atoms with van der Waals surface area (Å²) in [7, 11) is 2.21. The van der Waals surface area contributed by atoms with Gasteiger partial charge in [0.2, 0.25) is 0 Å². The highest BCUT2D eigenvalue weighted by Gasteiger charge is 2.43. The third-order valence-corrected chi connectivity index (χ3v) is 7.09. The van der Waals surface area contributed by atoms with Gasteiger partial charge in [0.15, 0.2) is 0 Å². The van der Waals surface area contributed by atoms with Crippen molar-refractivity contribution < 1.29 is 28.5 Å². The van der Waals surface area contributed by atoms with Crippen molar-refractivity contribution in [3.63, 3.8) is 0 Å². The Morgan fingerprint density at radius 2 is 2.00 bits per heavy atom. The average molecular weight is 513 g/mol. The minimum atomic E-state index is -4.84. The van der Waals surface area contributed by atoms with Crippen LogP contribution in [0, 0.1) is 17.7 Å². The Hall–Kier alpha value is -2.92. The fourth-order valence-corrected chi connectivity index (χ4v) is 4.84. The molecule has 3 fully saturated rings. The van der Waals surface area contributed by atoms with E-state index in [1.807, 2.05) is 0 Å². The molecule has 5 rings (SSSR count). The van der Waals surface area contributed by atoms with Gasteiger partial charge in [-0.15, -0.1) is 0 Å². The number of halogens is 4. The van der Waals surface area contributed by atoms with E-state index in [9.17, 15) is 27.2 Å². The Bertz CT molecular complexity index is 1190. The zero-order valence-corrected chi connectivity index (χ0v) is 20.2. The largest absolute Gasteiger partial charge is 0.419 e. The van der Waals surface area contributed by atoms with Crippen LogP contribution in [0.3, 0.4) is 0 Å². The highest BCUT2D eigenvalue weighted by atomic mass is 19.4. The molecule has 1 saturated carbocycles. The van der Waals surface area contributed by atoms with Gasteiger partial charge in [0.1, 0.15) is 5.82 Å². The predicted molar refractivity (Wildman–Crippen MR) is 128 cm³/mol. The van der Waals surface area contributed by atoms with Gasteiger partial charge in [0.05, 0.1) is 29.0 Å². The fourth-order valence-electron chi connectivity index (χ4n) is 4.84. The van der Waals surface area contributed by atoms with Crippen molar-refractivity contribution in [2.75, 3.05) is 39.1 Å². The molecule has 1 amide bonds. The van der Waals surface area contributed by atoms with Crippen molar-refractivity contribution in [1.29, 1.82) is 0 Å². The number of rotatable bonds is 4. The minimum absolute atomic E-state index is 0. The second kappa shape index (κ2) is 9.85. The summed E-state index contributed by atoms with van der Waals surface area (Å²) in [4.78, 5) is 27.3. The Labute approximate surface area is 207 Å². The number of amides is 1. The molecule has 0 spiro atoms. The topological polar surface area (TPSA) is 89.6 Å². The smallest absolute Gasteiger partial charge is 0.398 e. The molecule has 36 heavy (non-hydrogen) atoms. The number of alkyl halides is 3. The molecule has 1 aliphatic carbocycles. The van der Waals surface area contributed by atoms with Crippen molar-refractivity contribution >= 4 is 11.6 Å². The molecule has 3 unspecified atom stereocenters. The van der Waals surface area contributed by atoms with E-state index in [-0.39, 0.29) is 24.8 Å². The number of aromatic nitrogens is 1. The molecule has 3 heterocycles. The monoisotopic (exact) mass is 512 g/mol. The molecular weight excluding hydrogens is 480 g/mol. The van der Waals surface area contributed by atoms with Crippen LogP contribution in [-0.2, 0) is 23.0 Å². The van der Waals surface area contributed by atoms with E-state index in [4.69, 9.17) is 10.5 Å². The van der Waals surface area contributed by atoms with E-state index in [0.717, 1.165) is 30.0 Å². The van der Waals surface area contributed by atoms with Crippen LogP contribution in [0.25, 0.3) is 0 Å². The third-order valence-electron chi connectivity index (χ3n) is 7.09. The number of fused-ring (bicyclic) bond motifs is 1. The number of nitrogens with zero attached hydrogens (tertiary/aromatic N) is 2. The summed E-state index contributed by atoms with van der Waals surface area (Å²) in [6.07, 6.45) is -1.45. The van der Waals surface area contributed by atoms with E-state index in [1.54, 1.807) is 6.92 Å². The number of piperidine rings is 1. The second-order valence-electron chi connectivity index (χ2n) is 10.1. The van der Waals surface area contributed by atoms with Gasteiger partial charge in [0, 0.05) is 45.5 Å². The van der Waals surface area contributed by atoms with Gasteiger partial charge in [0.25, 0.3) is 11.5 Å². The third kappa shape index (κ3) is 5.57. The summed E-state index contributed by atoms with van der Waals surface area (Å²) in [5.41, 5.74) is 2.87. The molecule has 11 heteroatoms. The maximum atomic E-state index is 14.1. The number of ether oxygens (including phenoxy) is 1. The molecule has 1 aromatic heterocycles. The standard InChI is InChI=1S/C19H19F4N3O3.C6H11N.H2/c1-18(5-6-29-10-18)26-9-12(14(24)7-15(26)27)17(28)25-8-11-3-2-4-13(16(11)20)19(21,22)23;1-7-3-5-2-6(5)4-7;/h2-4,7,9H,5-6,8,10,24H2,1H3,(H,25,28);5-6H,2-4H2,1H3;1H. The summed E-state index contributed by atoms with van der Waals surface area (Å²) in [6, 6.07) is 3.93. The quantitative estimate of drug-likeness (QED) is 0.613. The highest BCUT2D eigenvalue weighted by molar-refractivity contribution is 5.98. The van der Waals surface area contributed by atoms with E-state index in [0.29, 0.717) is 19.1 Å². The van der Waals surface area contributed by atoms with E-state index in [1.165, 1.54) is 30.3 Å². The van der Waals surface area contributed by atoms with Gasteiger partial charge < -0.3 is 25.3 Å². The maximum Gasteiger partial charge on any atom is 0.419 e. The van der Waals surface area contributed by atoms with Crippen molar-refractivity contribution in [2.45, 2.75) is 38.0 Å². The summed E-state index contributed by atoms with van der Waals surface area (Å²) in [5, 5.41) is 2.35. The van der Waals surface area contributed by atoms with Gasteiger partial charge in [-0.2, -0.15) is 13.2 Å². The van der Waals surface area contributed by atoms with Crippen LogP contribution in [0.5, 0.6) is 0 Å². The van der Waals surface area contributed by atoms with Crippen molar-refractivity contribution in [2.24, 2.45) is 11.8 Å². The van der Waals surface area contributed by atoms with Gasteiger partial charge >= 0.3 is 6.18 Å². The first-order valence-corrected chi connectivity index (χ1v) is 11.8. The summed E-state index contributed by atoms with van der Waals surface area (Å²) in [5.74, 6) is 0.0411. The molecule has 3 N–H and O–H groups in total. The number of anilines is 1. The number of nitrogens with one attached hydrogen (secondary N) is 1. The number of nitrogens with two attached hydrogens (primary N) is 1. The Balaban J connectivity index is 0.000000404. The van der Waals surface area contributed by atoms with Crippen molar-refractivity contribution in [3.8, 4) is 0 Å². The fraction of sp³-hybridized carbons (Fsp3) is 0.520. The van der Waals surface area contributed by atoms with E-state index in [2.05, 4.69) is 17.3 Å². The van der Waals surface area contributed by atoms with Crippen LogP contribution in [0.4, 0.5) is 23.2 Å². The summed E-state index contributed by atoms with van der Waals surface area (Å²) < 4.78 is 59.3. The molecule has 2 aliphatic heterocycles. The molecule has 3 aliphatic rings. The molecule has 0 bridgehead atoms. The van der Waals surface area contributed by atoms with Crippen LogP contribution in [0.1, 0.15) is 42.7 Å². The first kappa shape index (κ1) is 26.2. The zero-order valence-electron chi connectivity index (χ0n) is 20.2. The van der Waals surface area contributed by atoms with Crippen LogP contribution >= 0.6 is 0 Å². The summed E-state index contributed by atoms with van der Waals surface area (Å²) >= 11 is 0. The Kier molecular flexibility index (Phi) is 7.16. The number of likely N-dealkylation sites (tertiary alicyclic amines) is 1. The first-order chi connectivity index (χ1) is 16.9. The number of hydrogen-bond acceptors (Lipinski definition) is 5. The Morgan fingerprint density at radius 3 is 2.56 bits per heavy atom. The number of pyridine rings is 1. The van der Waals surface area contributed by atoms with Crippen LogP contribution in [0.15, 0.2) is 35.3 Å². The molecule has 1 aromatic carbocycles. The molecule has 3 atom stereocenters. The van der Waals surface area contributed by atoms with Crippen molar-refractivity contribution in [3.05, 3.63) is 63.3 Å². The number of carbonyl (C=O) groups excluding carboxylic acids is 1. The second-order valence-corrected chi connectivity index (χ2v) is 10.1. The molecule has 2 saturated heterocycles. The molecule has 7 nitrogen and oxygen atoms in total. The first-order valence-electron chi connectivity index (χ1n) is 11.8. The van der Waals surface area contributed by atoms with Crippen LogP contribution in [0.2, 0.25) is 0 Å². The van der Waals surface area contributed by atoms with Gasteiger partial charge in [-0.1, -0.05) is 12.1 Å². The van der Waals surface area contributed by atoms with Crippen LogP contribution in [-0.4, -0.2) is 48.7 Å². The molecular formula is C25H32F4N4O3. The Morgan fingerprint density at radius 1 is 1.31 bits per heavy atom. The van der Waals surface area contributed by atoms with Crippen LogP contribution < -0.4 is 16.6 Å². The molecule has 198 valence electrons. The molecule has 2 aromatic rings. The van der Waals surface area contributed by atoms with Gasteiger partial charge in [-0.05, 0) is 44.7 Å². The lowest BCUT2D eigenvalue weighted by Crippen LogP contribution is -2.40. The maximum absolute atomic E-state index is 14.1. The van der Waals surface area contributed by atoms with E-state index >= 15 is 0 Å². The molecule has 0 radical (unpaired) electrons. The minimum Gasteiger partial charge on any atom is -0.398 e. The van der Waals surface area contributed by atoms with E-state index < -0.39 is 41.1 Å². The lowest BCUT2D eigenvalue weighted by molar-refractivity contribution is -0.140. The number of hydrogen-bond donors (Lipinski definition) is 2. The average Bonchev–Trinajstić information content (AvgIpc) is 3.17. The SMILES string of the molecule is CC1(n2cc(C(=O)NCc3cccc(C(F)(F)F)c3F)c(N)cc2=O)CCOC1.CN1CC2CC2C1.[HH]. The van der Waals surface area contributed by atoms with Crippen molar-refractivity contribution in [1.82, 2.24) is 14.8 Å². The normalized spacial score (nSPS) is 25.2. The van der Waals surface area contributed by atoms with Gasteiger partial charge in [-0.25, -0.2) is 4.39 Å². The number of benzene rings is 1. The lowest BCUT2D eigenvalue weighted by Gasteiger charge is -2.26. The number of nitrogen functional groups attached to an aromatic ring is 1. The predicted octanol–water partition coefficient (Wildman–Crippen LogP) is 3.47. The van der Waals surface area contributed by atoms with Gasteiger partial charge in [-0.3, -0.25) is 9.59 Å². The zero-order chi connectivity index (χ0) is 26.3. The number of carbonyl (C=O) groups is 1. The lowest BCUT2D eigenvalue weighted by atomic mass is 10.0. The highest BCUT2D eigenvalue weighted by Crippen LogP contribution is 2.44. The summed E-state index contributed by atoms with van der Waals surface area (Å²) in [6.45, 7) is 4.83.